The average Bonchev–Trinajstić information content (AvgIpc) is 3.79. The van der Waals surface area contributed by atoms with Gasteiger partial charge in [-0.2, -0.15) is 5.10 Å². The topological polar surface area (TPSA) is 107 Å². The molecule has 5 heterocycles. The number of halogens is 2. The van der Waals surface area contributed by atoms with Gasteiger partial charge >= 0.3 is 5.97 Å². The number of carboxylic acids is 1. The minimum Gasteiger partial charge on any atom is -0.494 e. The third-order valence-electron chi connectivity index (χ3n) is 11.0. The molecule has 1 amide bonds. The van der Waals surface area contributed by atoms with E-state index in [0.717, 1.165) is 71.8 Å². The number of amides is 1. The van der Waals surface area contributed by atoms with Crippen molar-refractivity contribution in [2.24, 2.45) is 7.05 Å². The van der Waals surface area contributed by atoms with Crippen LogP contribution in [0, 0.1) is 27.7 Å². The first-order chi connectivity index (χ1) is 26.8. The van der Waals surface area contributed by atoms with E-state index < -0.39 is 5.97 Å². The van der Waals surface area contributed by atoms with E-state index in [2.05, 4.69) is 16.5 Å². The van der Waals surface area contributed by atoms with Gasteiger partial charge in [0.15, 0.2) is 0 Å². The lowest BCUT2D eigenvalue weighted by Crippen LogP contribution is -2.43. The van der Waals surface area contributed by atoms with E-state index in [4.69, 9.17) is 33.0 Å². The van der Waals surface area contributed by atoms with Gasteiger partial charge in [0.2, 0.25) is 0 Å². The second kappa shape index (κ2) is 14.5. The Hall–Kier alpha value is -5.58. The Morgan fingerprint density at radius 1 is 0.982 bits per heavy atom. The number of hydrogen-bond donors (Lipinski definition) is 1. The molecule has 1 N–H and O–H groups in total. The molecule has 0 saturated carbocycles. The van der Waals surface area contributed by atoms with Gasteiger partial charge in [0, 0.05) is 71.2 Å². The van der Waals surface area contributed by atoms with Crippen molar-refractivity contribution in [2.45, 2.75) is 60.0 Å². The van der Waals surface area contributed by atoms with Crippen molar-refractivity contribution in [3.63, 3.8) is 0 Å². The van der Waals surface area contributed by atoms with Crippen LogP contribution in [0.4, 0.5) is 5.69 Å². The molecule has 12 heteroatoms. The number of carbonyl (C=O) groups is 2. The first-order valence-electron chi connectivity index (χ1n) is 18.7. The molecule has 286 valence electrons. The van der Waals surface area contributed by atoms with Gasteiger partial charge in [-0.05, 0) is 106 Å². The molecule has 0 aliphatic carbocycles. The summed E-state index contributed by atoms with van der Waals surface area (Å²) in [4.78, 5) is 34.0. The highest BCUT2D eigenvalue weighted by Gasteiger charge is 2.38. The zero-order valence-electron chi connectivity index (χ0n) is 32.2. The number of hydrogen-bond acceptors (Lipinski definition) is 5. The molecule has 1 aliphatic rings. The molecule has 4 aromatic heterocycles. The van der Waals surface area contributed by atoms with Crippen LogP contribution >= 0.6 is 23.2 Å². The van der Waals surface area contributed by atoms with Crippen molar-refractivity contribution >= 4 is 62.6 Å². The average molecular weight is 790 g/mol. The Balaban J connectivity index is 1.28. The number of pyridine rings is 1. The molecule has 1 atom stereocenters. The maximum Gasteiger partial charge on any atom is 0.352 e. The predicted octanol–water partition coefficient (Wildman–Crippen LogP) is 9.91. The number of carboxylic acid groups (broad SMARTS) is 1. The van der Waals surface area contributed by atoms with Crippen LogP contribution in [0.15, 0.2) is 73.1 Å². The highest BCUT2D eigenvalue weighted by Crippen LogP contribution is 2.46. The summed E-state index contributed by atoms with van der Waals surface area (Å²) in [6, 6.07) is 18.8. The van der Waals surface area contributed by atoms with Crippen molar-refractivity contribution in [1.29, 1.82) is 0 Å². The minimum absolute atomic E-state index is 0.135. The summed E-state index contributed by atoms with van der Waals surface area (Å²) in [7, 11) is 1.92. The summed E-state index contributed by atoms with van der Waals surface area (Å²) in [6.07, 6.45) is 4.62. The molecule has 1 aliphatic heterocycles. The molecule has 3 aromatic carbocycles. The van der Waals surface area contributed by atoms with E-state index in [-0.39, 0.29) is 24.2 Å². The molecule has 0 bridgehead atoms. The normalized spacial score (nSPS) is 14.2. The summed E-state index contributed by atoms with van der Waals surface area (Å²) >= 11 is 13.6. The second-order valence-corrected chi connectivity index (χ2v) is 15.6. The number of ether oxygens (including phenoxy) is 1. The molecule has 8 rings (SSSR count). The maximum atomic E-state index is 15.3. The third kappa shape index (κ3) is 6.21. The van der Waals surface area contributed by atoms with Crippen LogP contribution in [0.3, 0.4) is 0 Å². The standard InChI is InChI=1S/C44H42Cl2N6O4/c1-24-18-31(19-25(2)39(24)46)56-17-9-12-32-33-14-15-34(45)38(37-27(4)48-49(6)28(37)5)41(33)52-26(3)22-51(43(53)42(32)52)35-13-7-11-30-20-36(44(54)55)50(40(30)35)23-29-10-8-16-47-21-29/h7-8,10-11,13-16,18-21,26H,9,12,17,22-23H2,1-6H3,(H,54,55)/t26-/m1/s1. The van der Waals surface area contributed by atoms with Gasteiger partial charge < -0.3 is 23.9 Å². The van der Waals surface area contributed by atoms with Gasteiger partial charge in [-0.1, -0.05) is 47.5 Å². The number of para-hydroxylation sites is 1. The molecule has 0 unspecified atom stereocenters. The lowest BCUT2D eigenvalue weighted by atomic mass is 9.98. The Morgan fingerprint density at radius 2 is 1.75 bits per heavy atom. The number of aromatic nitrogens is 5. The van der Waals surface area contributed by atoms with E-state index in [1.165, 1.54) is 0 Å². The van der Waals surface area contributed by atoms with Crippen LogP contribution < -0.4 is 9.64 Å². The SMILES string of the molecule is Cc1cc(OCCCc2c3n(c4c(-c5c(C)nn(C)c5C)c(Cl)ccc24)[C@H](C)CN(c2cccc4cc(C(=O)O)n(Cc5cccnc5)c24)C3=O)cc(C)c1Cl. The Kier molecular flexibility index (Phi) is 9.66. The molecule has 56 heavy (non-hydrogen) atoms. The van der Waals surface area contributed by atoms with Crippen LogP contribution in [-0.2, 0) is 20.0 Å². The Labute approximate surface area is 334 Å². The van der Waals surface area contributed by atoms with E-state index >= 15 is 4.79 Å². The number of fused-ring (bicyclic) bond motifs is 4. The lowest BCUT2D eigenvalue weighted by Gasteiger charge is -2.35. The van der Waals surface area contributed by atoms with Crippen LogP contribution in [0.1, 0.15) is 74.0 Å². The fraction of sp³-hybridized carbons (Fsp3) is 0.273. The monoisotopic (exact) mass is 788 g/mol. The smallest absolute Gasteiger partial charge is 0.352 e. The zero-order chi connectivity index (χ0) is 39.6. The van der Waals surface area contributed by atoms with Gasteiger partial charge in [0.1, 0.15) is 17.1 Å². The summed E-state index contributed by atoms with van der Waals surface area (Å²) in [5.41, 5.74) is 10.2. The highest BCUT2D eigenvalue weighted by atomic mass is 35.5. The van der Waals surface area contributed by atoms with Crippen molar-refractivity contribution in [2.75, 3.05) is 18.1 Å². The van der Waals surface area contributed by atoms with E-state index in [1.54, 1.807) is 23.0 Å². The van der Waals surface area contributed by atoms with Gasteiger partial charge in [-0.15, -0.1) is 0 Å². The van der Waals surface area contributed by atoms with Crippen LogP contribution in [0.5, 0.6) is 5.75 Å². The molecular formula is C44H42Cl2N6O4. The fourth-order valence-electron chi connectivity index (χ4n) is 8.48. The first kappa shape index (κ1) is 37.3. The van der Waals surface area contributed by atoms with Crippen LogP contribution in [0.25, 0.3) is 32.9 Å². The maximum absolute atomic E-state index is 15.3. The molecule has 10 nitrogen and oxygen atoms in total. The quantitative estimate of drug-likeness (QED) is 0.138. The third-order valence-corrected chi connectivity index (χ3v) is 11.9. The van der Waals surface area contributed by atoms with Gasteiger partial charge in [0.25, 0.3) is 5.91 Å². The summed E-state index contributed by atoms with van der Waals surface area (Å²) in [5.74, 6) is -0.462. The Bertz CT molecular complexity index is 2690. The van der Waals surface area contributed by atoms with Crippen molar-refractivity contribution in [1.82, 2.24) is 23.9 Å². The van der Waals surface area contributed by atoms with Crippen molar-refractivity contribution in [3.8, 4) is 16.9 Å². The predicted molar refractivity (Wildman–Crippen MR) is 222 cm³/mol. The molecule has 0 fully saturated rings. The number of aromatic carboxylic acids is 1. The molecule has 7 aromatic rings. The number of carbonyl (C=O) groups excluding carboxylic acids is 1. The molecular weight excluding hydrogens is 747 g/mol. The first-order valence-corrected chi connectivity index (χ1v) is 19.4. The van der Waals surface area contributed by atoms with Gasteiger partial charge in [-0.25, -0.2) is 4.79 Å². The summed E-state index contributed by atoms with van der Waals surface area (Å²) in [5, 5.41) is 18.1. The number of benzene rings is 3. The van der Waals surface area contributed by atoms with E-state index in [1.807, 2.05) is 98.9 Å². The molecule has 0 radical (unpaired) electrons. The van der Waals surface area contributed by atoms with Crippen molar-refractivity contribution in [3.05, 3.63) is 128 Å². The molecule has 0 spiro atoms. The van der Waals surface area contributed by atoms with Crippen LogP contribution in [-0.4, -0.2) is 54.0 Å². The van der Waals surface area contributed by atoms with Gasteiger partial charge in [0.05, 0.1) is 34.0 Å². The highest BCUT2D eigenvalue weighted by molar-refractivity contribution is 6.35. The zero-order valence-corrected chi connectivity index (χ0v) is 33.7. The van der Waals surface area contributed by atoms with E-state index in [0.29, 0.717) is 47.9 Å². The lowest BCUT2D eigenvalue weighted by molar-refractivity contribution is 0.0686. The summed E-state index contributed by atoms with van der Waals surface area (Å²) in [6.45, 7) is 11.1. The van der Waals surface area contributed by atoms with Crippen molar-refractivity contribution < 1.29 is 19.4 Å². The number of nitrogens with zero attached hydrogens (tertiary/aromatic N) is 6. The number of rotatable bonds is 10. The number of anilines is 1. The molecule has 0 saturated heterocycles. The number of aryl methyl sites for hydroxylation is 5. The largest absolute Gasteiger partial charge is 0.494 e. The van der Waals surface area contributed by atoms with Gasteiger partial charge in [-0.3, -0.25) is 14.5 Å². The second-order valence-electron chi connectivity index (χ2n) is 14.8. The Morgan fingerprint density at radius 3 is 2.43 bits per heavy atom. The minimum atomic E-state index is -1.05. The summed E-state index contributed by atoms with van der Waals surface area (Å²) < 4.78 is 12.0. The fourth-order valence-corrected chi connectivity index (χ4v) is 8.83. The van der Waals surface area contributed by atoms with E-state index in [9.17, 15) is 9.90 Å². The van der Waals surface area contributed by atoms with Crippen LogP contribution in [0.2, 0.25) is 10.0 Å².